The van der Waals surface area contributed by atoms with Crippen molar-refractivity contribution in [3.8, 4) is 0 Å². The van der Waals surface area contributed by atoms with Gasteiger partial charge in [-0.15, -0.1) is 0 Å². The van der Waals surface area contributed by atoms with Gasteiger partial charge in [-0.3, -0.25) is 0 Å². The molecule has 1 aromatic rings. The summed E-state index contributed by atoms with van der Waals surface area (Å²) in [4.78, 5) is 0. The third kappa shape index (κ3) is 3.07. The molecule has 0 amide bonds. The lowest BCUT2D eigenvalue weighted by Crippen LogP contribution is -2.56. The van der Waals surface area contributed by atoms with Crippen LogP contribution in [0.4, 0.5) is 5.69 Å². The molecular weight excluding hydrogens is 362 g/mol. The summed E-state index contributed by atoms with van der Waals surface area (Å²) in [5.74, 6) is 0. The second-order valence-electron chi connectivity index (χ2n) is 4.30. The summed E-state index contributed by atoms with van der Waals surface area (Å²) in [6, 6.07) is 6.39. The van der Waals surface area contributed by atoms with Crippen LogP contribution in [0.5, 0.6) is 0 Å². The fraction of sp³-hybridized carbons (Fsp3) is 0.538. The van der Waals surface area contributed by atoms with Gasteiger partial charge in [0.2, 0.25) is 0 Å². The number of ether oxygens (including phenoxy) is 2. The van der Waals surface area contributed by atoms with Crippen LogP contribution in [-0.4, -0.2) is 32.0 Å². The molecule has 5 heteroatoms. The van der Waals surface area contributed by atoms with E-state index in [0.29, 0.717) is 6.04 Å². The van der Waals surface area contributed by atoms with Crippen molar-refractivity contribution >= 4 is 37.5 Å². The molecular formula is C13H17Br2NO2. The zero-order valence-electron chi connectivity index (χ0n) is 10.5. The Labute approximate surface area is 124 Å². The topological polar surface area (TPSA) is 30.5 Å². The summed E-state index contributed by atoms with van der Waals surface area (Å²) in [7, 11) is 1.74. The van der Waals surface area contributed by atoms with Gasteiger partial charge in [0.15, 0.2) is 0 Å². The Hall–Kier alpha value is -0.100. The maximum absolute atomic E-state index is 5.62. The predicted octanol–water partition coefficient (Wildman–Crippen LogP) is 3.82. The highest BCUT2D eigenvalue weighted by atomic mass is 79.9. The van der Waals surface area contributed by atoms with Gasteiger partial charge in [-0.2, -0.15) is 0 Å². The van der Waals surface area contributed by atoms with E-state index in [2.05, 4.69) is 43.2 Å². The van der Waals surface area contributed by atoms with Crippen molar-refractivity contribution in [3.05, 3.63) is 27.1 Å². The van der Waals surface area contributed by atoms with Gasteiger partial charge in [0.25, 0.3) is 0 Å². The molecule has 1 aromatic carbocycles. The van der Waals surface area contributed by atoms with E-state index in [-0.39, 0.29) is 12.2 Å². The minimum atomic E-state index is 0.121. The summed E-state index contributed by atoms with van der Waals surface area (Å²) in [6.07, 6.45) is 1.31. The highest BCUT2D eigenvalue weighted by molar-refractivity contribution is 9.11. The summed E-state index contributed by atoms with van der Waals surface area (Å²) in [5.41, 5.74) is 1.08. The summed E-state index contributed by atoms with van der Waals surface area (Å²) in [5, 5.41) is 3.49. The Morgan fingerprint density at radius 2 is 2.17 bits per heavy atom. The van der Waals surface area contributed by atoms with Crippen LogP contribution in [0.1, 0.15) is 13.3 Å². The minimum absolute atomic E-state index is 0.121. The Morgan fingerprint density at radius 3 is 2.83 bits per heavy atom. The Kier molecular flexibility index (Phi) is 5.06. The van der Waals surface area contributed by atoms with E-state index in [1.165, 1.54) is 0 Å². The van der Waals surface area contributed by atoms with Crippen LogP contribution in [-0.2, 0) is 9.47 Å². The predicted molar refractivity (Wildman–Crippen MR) is 80.1 cm³/mol. The van der Waals surface area contributed by atoms with Crippen molar-refractivity contribution in [2.75, 3.05) is 19.0 Å². The molecule has 3 atom stereocenters. The smallest absolute Gasteiger partial charge is 0.103 e. The first-order valence-electron chi connectivity index (χ1n) is 6.01. The SMILES string of the molecule is CCOC1CC(Nc2cc(Br)ccc2Br)C1OC. The molecule has 18 heavy (non-hydrogen) atoms. The summed E-state index contributed by atoms with van der Waals surface area (Å²) in [6.45, 7) is 2.75. The van der Waals surface area contributed by atoms with Crippen LogP contribution in [0, 0.1) is 0 Å². The zero-order valence-corrected chi connectivity index (χ0v) is 13.6. The lowest BCUT2D eigenvalue weighted by molar-refractivity contribution is -0.118. The number of methoxy groups -OCH3 is 1. The van der Waals surface area contributed by atoms with E-state index in [4.69, 9.17) is 9.47 Å². The maximum atomic E-state index is 5.62. The van der Waals surface area contributed by atoms with Crippen LogP contribution in [0.15, 0.2) is 27.1 Å². The van der Waals surface area contributed by atoms with Crippen molar-refractivity contribution in [2.45, 2.75) is 31.6 Å². The number of hydrogen-bond donors (Lipinski definition) is 1. The first-order valence-corrected chi connectivity index (χ1v) is 7.60. The molecule has 1 aliphatic carbocycles. The summed E-state index contributed by atoms with van der Waals surface area (Å²) >= 11 is 7.02. The minimum Gasteiger partial charge on any atom is -0.379 e. The van der Waals surface area contributed by atoms with Gasteiger partial charge >= 0.3 is 0 Å². The van der Waals surface area contributed by atoms with Crippen molar-refractivity contribution in [1.82, 2.24) is 0 Å². The first-order chi connectivity index (χ1) is 8.65. The number of halogens is 2. The fourth-order valence-corrected chi connectivity index (χ4v) is 2.95. The van der Waals surface area contributed by atoms with Crippen LogP contribution in [0.2, 0.25) is 0 Å². The van der Waals surface area contributed by atoms with E-state index in [9.17, 15) is 0 Å². The first kappa shape index (κ1) is 14.3. The average molecular weight is 379 g/mol. The zero-order chi connectivity index (χ0) is 13.1. The molecule has 0 aromatic heterocycles. The average Bonchev–Trinajstić information content (AvgIpc) is 2.32. The number of rotatable bonds is 5. The molecule has 0 aliphatic heterocycles. The van der Waals surface area contributed by atoms with Gasteiger partial charge in [0, 0.05) is 28.3 Å². The molecule has 0 bridgehead atoms. The third-order valence-electron chi connectivity index (χ3n) is 3.17. The van der Waals surface area contributed by atoms with Gasteiger partial charge in [-0.05, 0) is 47.5 Å². The number of hydrogen-bond acceptors (Lipinski definition) is 3. The normalized spacial score (nSPS) is 26.8. The molecule has 0 saturated heterocycles. The Bertz CT molecular complexity index is 414. The van der Waals surface area contributed by atoms with Crippen molar-refractivity contribution in [3.63, 3.8) is 0 Å². The maximum Gasteiger partial charge on any atom is 0.103 e. The highest BCUT2D eigenvalue weighted by Crippen LogP contribution is 2.33. The Morgan fingerprint density at radius 1 is 1.39 bits per heavy atom. The van der Waals surface area contributed by atoms with E-state index in [1.54, 1.807) is 7.11 Å². The molecule has 0 heterocycles. The van der Waals surface area contributed by atoms with Gasteiger partial charge in [0.1, 0.15) is 6.10 Å². The van der Waals surface area contributed by atoms with Crippen molar-refractivity contribution in [1.29, 1.82) is 0 Å². The lowest BCUT2D eigenvalue weighted by Gasteiger charge is -2.43. The van der Waals surface area contributed by atoms with Gasteiger partial charge in [-0.25, -0.2) is 0 Å². The monoisotopic (exact) mass is 377 g/mol. The number of nitrogens with one attached hydrogen (secondary N) is 1. The van der Waals surface area contributed by atoms with Gasteiger partial charge in [0.05, 0.1) is 12.1 Å². The second kappa shape index (κ2) is 6.37. The number of anilines is 1. The molecule has 0 radical (unpaired) electrons. The molecule has 100 valence electrons. The molecule has 0 spiro atoms. The summed E-state index contributed by atoms with van der Waals surface area (Å²) < 4.78 is 13.2. The quantitative estimate of drug-likeness (QED) is 0.844. The highest BCUT2D eigenvalue weighted by Gasteiger charge is 2.42. The van der Waals surface area contributed by atoms with E-state index < -0.39 is 0 Å². The molecule has 1 saturated carbocycles. The lowest BCUT2D eigenvalue weighted by atomic mass is 9.85. The van der Waals surface area contributed by atoms with Gasteiger partial charge in [-0.1, -0.05) is 15.9 Å². The molecule has 1 aliphatic rings. The molecule has 1 fully saturated rings. The second-order valence-corrected chi connectivity index (χ2v) is 6.07. The van der Waals surface area contributed by atoms with E-state index in [1.807, 2.05) is 19.1 Å². The fourth-order valence-electron chi connectivity index (χ4n) is 2.22. The molecule has 1 N–H and O–H groups in total. The van der Waals surface area contributed by atoms with E-state index in [0.717, 1.165) is 27.7 Å². The Balaban J connectivity index is 2.00. The van der Waals surface area contributed by atoms with Crippen LogP contribution >= 0.6 is 31.9 Å². The standard InChI is InChI=1S/C13H17Br2NO2/c1-3-18-12-7-11(13(12)17-2)16-10-6-8(14)4-5-9(10)15/h4-6,11-13,16H,3,7H2,1-2H3. The third-order valence-corrected chi connectivity index (χ3v) is 4.36. The largest absolute Gasteiger partial charge is 0.379 e. The molecule has 3 nitrogen and oxygen atoms in total. The molecule has 3 unspecified atom stereocenters. The van der Waals surface area contributed by atoms with E-state index >= 15 is 0 Å². The number of benzene rings is 1. The van der Waals surface area contributed by atoms with Gasteiger partial charge < -0.3 is 14.8 Å². The van der Waals surface area contributed by atoms with Crippen LogP contribution < -0.4 is 5.32 Å². The van der Waals surface area contributed by atoms with Crippen LogP contribution in [0.3, 0.4) is 0 Å². The van der Waals surface area contributed by atoms with Crippen LogP contribution in [0.25, 0.3) is 0 Å². The molecule has 2 rings (SSSR count). The van der Waals surface area contributed by atoms with Crippen molar-refractivity contribution in [2.24, 2.45) is 0 Å². The van der Waals surface area contributed by atoms with Crippen molar-refractivity contribution < 1.29 is 9.47 Å².